The van der Waals surface area contributed by atoms with Crippen molar-refractivity contribution in [1.82, 2.24) is 10.2 Å². The van der Waals surface area contributed by atoms with Gasteiger partial charge in [-0.05, 0) is 46.7 Å². The third kappa shape index (κ3) is 3.38. The van der Waals surface area contributed by atoms with Crippen LogP contribution < -0.4 is 5.32 Å². The van der Waals surface area contributed by atoms with Gasteiger partial charge < -0.3 is 4.90 Å². The van der Waals surface area contributed by atoms with E-state index in [1.54, 1.807) is 11.3 Å². The van der Waals surface area contributed by atoms with E-state index >= 15 is 0 Å². The highest BCUT2D eigenvalue weighted by atomic mass is 32.2. The standard InChI is InChI=1S/C15H24N2OS2/c1-4-11(2)13-15(18)17(7-5-8-19-3)14(16-13)12-6-9-20-10-12/h6,9-11,13-14,16H,4-5,7-8H2,1-3H3. The number of rotatable bonds is 7. The van der Waals surface area contributed by atoms with Gasteiger partial charge >= 0.3 is 0 Å². The Kier molecular flexibility index (Phi) is 5.93. The van der Waals surface area contributed by atoms with Crippen LogP contribution in [0, 0.1) is 5.92 Å². The van der Waals surface area contributed by atoms with Crippen molar-refractivity contribution in [3.63, 3.8) is 0 Å². The monoisotopic (exact) mass is 312 g/mol. The molecule has 0 aliphatic carbocycles. The first kappa shape index (κ1) is 15.9. The molecule has 2 heterocycles. The van der Waals surface area contributed by atoms with E-state index in [2.05, 4.69) is 42.2 Å². The van der Waals surface area contributed by atoms with E-state index in [4.69, 9.17) is 0 Å². The summed E-state index contributed by atoms with van der Waals surface area (Å²) in [4.78, 5) is 14.7. The summed E-state index contributed by atoms with van der Waals surface area (Å²) in [6.07, 6.45) is 4.26. The van der Waals surface area contributed by atoms with Gasteiger partial charge in [-0.25, -0.2) is 0 Å². The number of hydrogen-bond acceptors (Lipinski definition) is 4. The quantitative estimate of drug-likeness (QED) is 0.784. The number of amides is 1. The highest BCUT2D eigenvalue weighted by Crippen LogP contribution is 2.30. The summed E-state index contributed by atoms with van der Waals surface area (Å²) in [5, 5.41) is 7.77. The lowest BCUT2D eigenvalue weighted by atomic mass is 9.99. The molecular formula is C15H24N2OS2. The first-order valence-corrected chi connectivity index (χ1v) is 9.60. The van der Waals surface area contributed by atoms with E-state index in [1.165, 1.54) is 5.56 Å². The van der Waals surface area contributed by atoms with E-state index in [1.807, 2.05) is 16.7 Å². The largest absolute Gasteiger partial charge is 0.321 e. The van der Waals surface area contributed by atoms with Crippen LogP contribution in [-0.4, -0.2) is 35.4 Å². The van der Waals surface area contributed by atoms with E-state index in [0.717, 1.165) is 25.1 Å². The number of thioether (sulfide) groups is 1. The molecule has 1 N–H and O–H groups in total. The molecule has 1 fully saturated rings. The molecule has 0 bridgehead atoms. The van der Waals surface area contributed by atoms with Crippen LogP contribution >= 0.6 is 23.1 Å². The topological polar surface area (TPSA) is 32.3 Å². The summed E-state index contributed by atoms with van der Waals surface area (Å²) < 4.78 is 0. The molecule has 3 nitrogen and oxygen atoms in total. The zero-order valence-corrected chi connectivity index (χ0v) is 14.1. The Morgan fingerprint density at radius 1 is 1.55 bits per heavy atom. The molecule has 112 valence electrons. The van der Waals surface area contributed by atoms with Crippen LogP contribution in [0.3, 0.4) is 0 Å². The molecule has 0 saturated carbocycles. The van der Waals surface area contributed by atoms with Crippen LogP contribution in [0.1, 0.15) is 38.4 Å². The van der Waals surface area contributed by atoms with Crippen molar-refractivity contribution in [3.8, 4) is 0 Å². The van der Waals surface area contributed by atoms with Crippen molar-refractivity contribution >= 4 is 29.0 Å². The van der Waals surface area contributed by atoms with Gasteiger partial charge in [-0.15, -0.1) is 0 Å². The zero-order chi connectivity index (χ0) is 14.5. The fourth-order valence-electron chi connectivity index (χ4n) is 2.61. The highest BCUT2D eigenvalue weighted by Gasteiger charge is 2.41. The molecule has 3 atom stereocenters. The lowest BCUT2D eigenvalue weighted by Gasteiger charge is -2.23. The summed E-state index contributed by atoms with van der Waals surface area (Å²) >= 11 is 3.53. The van der Waals surface area contributed by atoms with Crippen molar-refractivity contribution in [3.05, 3.63) is 22.4 Å². The number of carbonyl (C=O) groups is 1. The second-order valence-corrected chi connectivity index (χ2v) is 7.13. The Hall–Kier alpha value is -0.520. The van der Waals surface area contributed by atoms with E-state index in [9.17, 15) is 4.79 Å². The van der Waals surface area contributed by atoms with Crippen LogP contribution in [0.2, 0.25) is 0 Å². The molecule has 1 aromatic heterocycles. The Bertz CT molecular complexity index is 422. The van der Waals surface area contributed by atoms with Gasteiger partial charge in [0.15, 0.2) is 0 Å². The van der Waals surface area contributed by atoms with Gasteiger partial charge in [-0.2, -0.15) is 23.1 Å². The molecular weight excluding hydrogens is 288 g/mol. The first-order chi connectivity index (χ1) is 9.69. The Morgan fingerprint density at radius 2 is 2.35 bits per heavy atom. The van der Waals surface area contributed by atoms with Gasteiger partial charge in [-0.3, -0.25) is 10.1 Å². The van der Waals surface area contributed by atoms with Gasteiger partial charge in [0.2, 0.25) is 5.91 Å². The average Bonchev–Trinajstić information content (AvgIpc) is 3.07. The van der Waals surface area contributed by atoms with E-state index in [-0.39, 0.29) is 18.1 Å². The van der Waals surface area contributed by atoms with Crippen molar-refractivity contribution in [2.75, 3.05) is 18.6 Å². The minimum absolute atomic E-state index is 0.0285. The Balaban J connectivity index is 2.12. The molecule has 1 saturated heterocycles. The maximum absolute atomic E-state index is 12.7. The third-order valence-electron chi connectivity index (χ3n) is 4.02. The molecule has 1 aliphatic heterocycles. The zero-order valence-electron chi connectivity index (χ0n) is 12.5. The van der Waals surface area contributed by atoms with Crippen LogP contribution in [0.4, 0.5) is 0 Å². The summed E-state index contributed by atoms with van der Waals surface area (Å²) in [7, 11) is 0. The van der Waals surface area contributed by atoms with Gasteiger partial charge in [0.1, 0.15) is 6.17 Å². The van der Waals surface area contributed by atoms with Crippen LogP contribution in [0.25, 0.3) is 0 Å². The number of thiophene rings is 1. The fourth-order valence-corrected chi connectivity index (χ4v) is 3.70. The lowest BCUT2D eigenvalue weighted by molar-refractivity contribution is -0.131. The smallest absolute Gasteiger partial charge is 0.241 e. The average molecular weight is 313 g/mol. The van der Waals surface area contributed by atoms with Crippen LogP contribution in [0.5, 0.6) is 0 Å². The predicted octanol–water partition coefficient (Wildman–Crippen LogP) is 3.35. The molecule has 1 amide bonds. The summed E-state index contributed by atoms with van der Waals surface area (Å²) in [5.74, 6) is 1.76. The number of nitrogens with zero attached hydrogens (tertiary/aromatic N) is 1. The summed E-state index contributed by atoms with van der Waals surface area (Å²) in [6, 6.07) is 2.09. The molecule has 5 heteroatoms. The maximum atomic E-state index is 12.7. The third-order valence-corrected chi connectivity index (χ3v) is 5.42. The lowest BCUT2D eigenvalue weighted by Crippen LogP contribution is -2.36. The molecule has 20 heavy (non-hydrogen) atoms. The molecule has 1 aliphatic rings. The van der Waals surface area contributed by atoms with Gasteiger partial charge in [0.05, 0.1) is 6.04 Å². The predicted molar refractivity (Wildman–Crippen MR) is 88.2 cm³/mol. The summed E-state index contributed by atoms with van der Waals surface area (Å²) in [5.41, 5.74) is 1.22. The molecule has 0 radical (unpaired) electrons. The van der Waals surface area contributed by atoms with Crippen molar-refractivity contribution in [1.29, 1.82) is 0 Å². The van der Waals surface area contributed by atoms with E-state index < -0.39 is 0 Å². The Labute approximate surface area is 130 Å². The van der Waals surface area contributed by atoms with Crippen molar-refractivity contribution < 1.29 is 4.79 Å². The number of carbonyl (C=O) groups excluding carboxylic acids is 1. The second-order valence-electron chi connectivity index (χ2n) is 5.37. The molecule has 0 spiro atoms. The normalized spacial score (nSPS) is 24.4. The molecule has 0 aromatic carbocycles. The second kappa shape index (κ2) is 7.48. The number of hydrogen-bond donors (Lipinski definition) is 1. The SMILES string of the molecule is CCC(C)C1NC(c2ccsc2)N(CCCSC)C1=O. The summed E-state index contributed by atoms with van der Waals surface area (Å²) in [6.45, 7) is 5.15. The van der Waals surface area contributed by atoms with Gasteiger partial charge in [0, 0.05) is 6.54 Å². The first-order valence-electron chi connectivity index (χ1n) is 7.26. The van der Waals surface area contributed by atoms with Gasteiger partial charge in [-0.1, -0.05) is 20.3 Å². The maximum Gasteiger partial charge on any atom is 0.241 e. The number of nitrogens with one attached hydrogen (secondary N) is 1. The van der Waals surface area contributed by atoms with Crippen molar-refractivity contribution in [2.45, 2.75) is 38.9 Å². The van der Waals surface area contributed by atoms with Crippen LogP contribution in [-0.2, 0) is 4.79 Å². The molecule has 2 rings (SSSR count). The minimum atomic E-state index is -0.0285. The molecule has 3 unspecified atom stereocenters. The Morgan fingerprint density at radius 3 is 2.95 bits per heavy atom. The van der Waals surface area contributed by atoms with Crippen molar-refractivity contribution in [2.24, 2.45) is 5.92 Å². The highest BCUT2D eigenvalue weighted by molar-refractivity contribution is 7.98. The van der Waals surface area contributed by atoms with Gasteiger partial charge in [0.25, 0.3) is 0 Å². The van der Waals surface area contributed by atoms with Crippen LogP contribution in [0.15, 0.2) is 16.8 Å². The fraction of sp³-hybridized carbons (Fsp3) is 0.667. The molecule has 1 aromatic rings. The minimum Gasteiger partial charge on any atom is -0.321 e. The van der Waals surface area contributed by atoms with E-state index in [0.29, 0.717) is 5.92 Å².